The fraction of sp³-hybridized carbons (Fsp3) is 0.273. The zero-order chi connectivity index (χ0) is 12.3. The van der Waals surface area contributed by atoms with E-state index in [1.165, 1.54) is 18.1 Å². The van der Waals surface area contributed by atoms with Gasteiger partial charge in [-0.1, -0.05) is 30.0 Å². The number of halogens is 1. The highest BCUT2D eigenvalue weighted by molar-refractivity contribution is 7.98. The predicted octanol–water partition coefficient (Wildman–Crippen LogP) is 1.71. The third-order valence-corrected chi connectivity index (χ3v) is 3.49. The molecule has 0 radical (unpaired) electrons. The highest BCUT2D eigenvalue weighted by Crippen LogP contribution is 2.22. The van der Waals surface area contributed by atoms with Gasteiger partial charge in [-0.25, -0.2) is 14.1 Å². The van der Waals surface area contributed by atoms with Crippen LogP contribution in [-0.2, 0) is 19.3 Å². The molecule has 0 fully saturated rings. The number of aryl methyl sites for hydroxylation is 1. The first-order valence-electron chi connectivity index (χ1n) is 5.15. The van der Waals surface area contributed by atoms with Crippen molar-refractivity contribution in [3.8, 4) is 0 Å². The molecular formula is C11H13FN4S. The van der Waals surface area contributed by atoms with E-state index in [0.717, 1.165) is 5.16 Å². The van der Waals surface area contributed by atoms with Crippen LogP contribution < -0.4 is 5.73 Å². The summed E-state index contributed by atoms with van der Waals surface area (Å²) in [7, 11) is 1.81. The summed E-state index contributed by atoms with van der Waals surface area (Å²) in [6, 6.07) is 5.28. The van der Waals surface area contributed by atoms with E-state index in [-0.39, 0.29) is 12.4 Å². The lowest BCUT2D eigenvalue weighted by molar-refractivity contribution is 0.600. The van der Waals surface area contributed by atoms with Gasteiger partial charge in [-0.05, 0) is 5.56 Å². The maximum atomic E-state index is 13.9. The molecule has 0 aliphatic rings. The van der Waals surface area contributed by atoms with Crippen LogP contribution in [0.3, 0.4) is 0 Å². The Balaban J connectivity index is 2.12. The van der Waals surface area contributed by atoms with Gasteiger partial charge in [-0.15, -0.1) is 0 Å². The summed E-state index contributed by atoms with van der Waals surface area (Å²) in [4.78, 5) is 4.07. The van der Waals surface area contributed by atoms with Crippen molar-refractivity contribution in [2.24, 2.45) is 12.8 Å². The van der Waals surface area contributed by atoms with Crippen molar-refractivity contribution in [1.82, 2.24) is 14.8 Å². The topological polar surface area (TPSA) is 56.7 Å². The number of hydrogen-bond donors (Lipinski definition) is 1. The number of hydrogen-bond acceptors (Lipinski definition) is 4. The predicted molar refractivity (Wildman–Crippen MR) is 64.9 cm³/mol. The van der Waals surface area contributed by atoms with Crippen LogP contribution in [0.4, 0.5) is 4.39 Å². The molecule has 0 spiro atoms. The van der Waals surface area contributed by atoms with Crippen LogP contribution in [0.25, 0.3) is 0 Å². The Bertz CT molecular complexity index is 512. The summed E-state index contributed by atoms with van der Waals surface area (Å²) in [5.74, 6) is 0.302. The summed E-state index contributed by atoms with van der Waals surface area (Å²) in [5, 5.41) is 4.72. The maximum Gasteiger partial charge on any atom is 0.186 e. The van der Waals surface area contributed by atoms with Gasteiger partial charge in [-0.3, -0.25) is 0 Å². The van der Waals surface area contributed by atoms with Crippen LogP contribution in [0.5, 0.6) is 0 Å². The van der Waals surface area contributed by atoms with Crippen molar-refractivity contribution in [1.29, 1.82) is 0 Å². The minimum atomic E-state index is -0.218. The SMILES string of the molecule is Cn1ncnc1SCc1cccc(CN)c1F. The number of nitrogens with zero attached hydrogens (tertiary/aromatic N) is 3. The Morgan fingerprint density at radius 1 is 1.41 bits per heavy atom. The molecule has 2 rings (SSSR count). The molecule has 4 nitrogen and oxygen atoms in total. The van der Waals surface area contributed by atoms with Crippen LogP contribution in [0.1, 0.15) is 11.1 Å². The van der Waals surface area contributed by atoms with Crippen molar-refractivity contribution >= 4 is 11.8 Å². The van der Waals surface area contributed by atoms with Crippen molar-refractivity contribution < 1.29 is 4.39 Å². The summed E-state index contributed by atoms with van der Waals surface area (Å²) >= 11 is 1.45. The maximum absolute atomic E-state index is 13.9. The fourth-order valence-corrected chi connectivity index (χ4v) is 2.32. The zero-order valence-corrected chi connectivity index (χ0v) is 10.2. The number of benzene rings is 1. The Morgan fingerprint density at radius 2 is 2.18 bits per heavy atom. The molecule has 0 aliphatic carbocycles. The highest BCUT2D eigenvalue weighted by atomic mass is 32.2. The van der Waals surface area contributed by atoms with Crippen LogP contribution in [-0.4, -0.2) is 14.8 Å². The average molecular weight is 252 g/mol. The second-order valence-corrected chi connectivity index (χ2v) is 4.49. The molecule has 90 valence electrons. The van der Waals surface area contributed by atoms with Crippen molar-refractivity contribution in [3.63, 3.8) is 0 Å². The minimum Gasteiger partial charge on any atom is -0.326 e. The summed E-state index contributed by atoms with van der Waals surface area (Å²) in [6.07, 6.45) is 1.48. The summed E-state index contributed by atoms with van der Waals surface area (Å²) in [6.45, 7) is 0.217. The lowest BCUT2D eigenvalue weighted by Crippen LogP contribution is -2.02. The van der Waals surface area contributed by atoms with E-state index in [4.69, 9.17) is 5.73 Å². The first-order valence-corrected chi connectivity index (χ1v) is 6.14. The van der Waals surface area contributed by atoms with Crippen LogP contribution in [0, 0.1) is 5.82 Å². The van der Waals surface area contributed by atoms with Crippen molar-refractivity contribution in [3.05, 3.63) is 41.5 Å². The number of aromatic nitrogens is 3. The molecule has 17 heavy (non-hydrogen) atoms. The molecular weight excluding hydrogens is 239 g/mol. The van der Waals surface area contributed by atoms with E-state index in [0.29, 0.717) is 16.9 Å². The van der Waals surface area contributed by atoms with E-state index in [2.05, 4.69) is 10.1 Å². The largest absolute Gasteiger partial charge is 0.326 e. The first kappa shape index (κ1) is 12.1. The third kappa shape index (κ3) is 2.65. The Labute approximate surface area is 103 Å². The number of nitrogens with two attached hydrogens (primary N) is 1. The van der Waals surface area contributed by atoms with Gasteiger partial charge >= 0.3 is 0 Å². The third-order valence-electron chi connectivity index (χ3n) is 2.41. The van der Waals surface area contributed by atoms with Crippen LogP contribution in [0.2, 0.25) is 0 Å². The van der Waals surface area contributed by atoms with Gasteiger partial charge in [0.05, 0.1) is 0 Å². The normalized spacial score (nSPS) is 10.8. The van der Waals surface area contributed by atoms with Crippen molar-refractivity contribution in [2.75, 3.05) is 0 Å². The molecule has 0 amide bonds. The second kappa shape index (κ2) is 5.29. The molecule has 6 heteroatoms. The molecule has 0 unspecified atom stereocenters. The number of thioether (sulfide) groups is 1. The van der Waals surface area contributed by atoms with Gasteiger partial charge in [0, 0.05) is 24.9 Å². The Morgan fingerprint density at radius 3 is 2.82 bits per heavy atom. The molecule has 0 aliphatic heterocycles. The van der Waals surface area contributed by atoms with Crippen LogP contribution in [0.15, 0.2) is 29.7 Å². The molecule has 1 aromatic carbocycles. The monoisotopic (exact) mass is 252 g/mol. The average Bonchev–Trinajstić information content (AvgIpc) is 2.74. The summed E-state index contributed by atoms with van der Waals surface area (Å²) in [5.41, 5.74) is 6.64. The van der Waals surface area contributed by atoms with E-state index in [9.17, 15) is 4.39 Å². The Hall–Kier alpha value is -1.40. The molecule has 0 bridgehead atoms. The van der Waals surface area contributed by atoms with E-state index in [1.54, 1.807) is 16.8 Å². The van der Waals surface area contributed by atoms with Gasteiger partial charge in [0.15, 0.2) is 5.16 Å². The van der Waals surface area contributed by atoms with Gasteiger partial charge < -0.3 is 5.73 Å². The van der Waals surface area contributed by atoms with Gasteiger partial charge in [0.1, 0.15) is 12.1 Å². The van der Waals surface area contributed by atoms with Crippen LogP contribution >= 0.6 is 11.8 Å². The molecule has 0 atom stereocenters. The van der Waals surface area contributed by atoms with E-state index < -0.39 is 0 Å². The van der Waals surface area contributed by atoms with E-state index >= 15 is 0 Å². The molecule has 1 heterocycles. The highest BCUT2D eigenvalue weighted by Gasteiger charge is 2.08. The first-order chi connectivity index (χ1) is 8.22. The van der Waals surface area contributed by atoms with Gasteiger partial charge in [0.2, 0.25) is 0 Å². The van der Waals surface area contributed by atoms with E-state index in [1.807, 2.05) is 13.1 Å². The van der Waals surface area contributed by atoms with Crippen molar-refractivity contribution in [2.45, 2.75) is 17.5 Å². The summed E-state index contributed by atoms with van der Waals surface area (Å²) < 4.78 is 15.5. The molecule has 0 saturated carbocycles. The quantitative estimate of drug-likeness (QED) is 0.842. The smallest absolute Gasteiger partial charge is 0.186 e. The Kier molecular flexibility index (Phi) is 3.75. The molecule has 0 saturated heterocycles. The van der Waals surface area contributed by atoms with Gasteiger partial charge in [0.25, 0.3) is 0 Å². The molecule has 2 N–H and O–H groups in total. The molecule has 1 aromatic heterocycles. The zero-order valence-electron chi connectivity index (χ0n) is 9.43. The minimum absolute atomic E-state index is 0.217. The second-order valence-electron chi connectivity index (χ2n) is 3.55. The number of rotatable bonds is 4. The fourth-order valence-electron chi connectivity index (χ4n) is 1.46. The lowest BCUT2D eigenvalue weighted by Gasteiger charge is -2.06. The molecule has 2 aromatic rings. The standard InChI is InChI=1S/C11H13FN4S/c1-16-11(14-7-15-16)17-6-9-4-2-3-8(5-13)10(9)12/h2-4,7H,5-6,13H2,1H3. The van der Waals surface area contributed by atoms with Gasteiger partial charge in [-0.2, -0.15) is 5.10 Å². The lowest BCUT2D eigenvalue weighted by atomic mass is 10.1.